The van der Waals surface area contributed by atoms with Gasteiger partial charge in [-0.3, -0.25) is 4.90 Å². The van der Waals surface area contributed by atoms with Crippen molar-refractivity contribution in [3.8, 4) is 0 Å². The number of fused-ring (bicyclic) bond motifs is 1. The molecule has 35 heavy (non-hydrogen) atoms. The number of aryl methyl sites for hydroxylation is 1. The smallest absolute Gasteiger partial charge is 0.107 e. The highest BCUT2D eigenvalue weighted by molar-refractivity contribution is 6.91. The highest BCUT2D eigenvalue weighted by Gasteiger charge is 2.44. The average molecular weight is 491 g/mol. The molecular formula is C31H46N2OSi. The molecule has 4 heteroatoms. The van der Waals surface area contributed by atoms with E-state index in [0.717, 1.165) is 44.9 Å². The zero-order valence-corrected chi connectivity index (χ0v) is 23.7. The molecule has 1 saturated carbocycles. The highest BCUT2D eigenvalue weighted by Crippen LogP contribution is 2.46. The van der Waals surface area contributed by atoms with Gasteiger partial charge in [-0.05, 0) is 76.2 Å². The van der Waals surface area contributed by atoms with Gasteiger partial charge in [-0.15, -0.1) is 0 Å². The highest BCUT2D eigenvalue weighted by atomic mass is 28.3. The van der Waals surface area contributed by atoms with Crippen LogP contribution in [0.4, 0.5) is 0 Å². The molecule has 1 aliphatic rings. The van der Waals surface area contributed by atoms with Gasteiger partial charge in [0.05, 0.1) is 5.60 Å². The van der Waals surface area contributed by atoms with Gasteiger partial charge in [0.1, 0.15) is 8.07 Å². The number of aromatic amines is 1. The number of rotatable bonds is 10. The minimum absolute atomic E-state index is 0.0338. The van der Waals surface area contributed by atoms with E-state index in [0.29, 0.717) is 0 Å². The van der Waals surface area contributed by atoms with Crippen LogP contribution >= 0.6 is 0 Å². The predicted octanol–water partition coefficient (Wildman–Crippen LogP) is 6.97. The fourth-order valence-electron chi connectivity index (χ4n) is 6.91. The Morgan fingerprint density at radius 2 is 1.46 bits per heavy atom. The summed E-state index contributed by atoms with van der Waals surface area (Å²) in [5.74, 6) is 0. The molecule has 1 fully saturated rings. The van der Waals surface area contributed by atoms with Gasteiger partial charge in [0, 0.05) is 21.8 Å². The molecule has 0 bridgehead atoms. The summed E-state index contributed by atoms with van der Waals surface area (Å²) in [7, 11) is 2.87. The molecule has 0 amide bonds. The van der Waals surface area contributed by atoms with Crippen LogP contribution in [0.3, 0.4) is 0 Å². The van der Waals surface area contributed by atoms with Crippen molar-refractivity contribution in [3.05, 3.63) is 65.7 Å². The van der Waals surface area contributed by atoms with Gasteiger partial charge in [0.15, 0.2) is 0 Å². The van der Waals surface area contributed by atoms with E-state index in [-0.39, 0.29) is 5.54 Å². The molecule has 0 saturated heterocycles. The van der Waals surface area contributed by atoms with Crippen LogP contribution in [-0.4, -0.2) is 42.8 Å². The lowest BCUT2D eigenvalue weighted by Crippen LogP contribution is -2.49. The number of hydrogen-bond acceptors (Lipinski definition) is 2. The van der Waals surface area contributed by atoms with E-state index in [4.69, 9.17) is 0 Å². The van der Waals surface area contributed by atoms with E-state index >= 15 is 0 Å². The lowest BCUT2D eigenvalue weighted by atomic mass is 9.68. The molecule has 2 N–H and O–H groups in total. The van der Waals surface area contributed by atoms with Crippen molar-refractivity contribution in [2.75, 3.05) is 14.1 Å². The third-order valence-corrected chi connectivity index (χ3v) is 15.2. The van der Waals surface area contributed by atoms with Crippen molar-refractivity contribution in [1.82, 2.24) is 9.88 Å². The minimum atomic E-state index is -1.52. The van der Waals surface area contributed by atoms with Gasteiger partial charge < -0.3 is 10.1 Å². The molecule has 1 heterocycles. The Bertz CT molecular complexity index is 1080. The molecule has 0 radical (unpaired) electrons. The predicted molar refractivity (Wildman–Crippen MR) is 153 cm³/mol. The van der Waals surface area contributed by atoms with Gasteiger partial charge in [-0.25, -0.2) is 0 Å². The van der Waals surface area contributed by atoms with Crippen LogP contribution in [0.25, 0.3) is 10.9 Å². The van der Waals surface area contributed by atoms with Crippen molar-refractivity contribution in [1.29, 1.82) is 0 Å². The molecule has 0 aliphatic heterocycles. The second-order valence-electron chi connectivity index (χ2n) is 11.2. The standard InChI is InChI=1S/C31H46N2OSi/c1-6-35(7-2,8-3)29-27(26-17-12-13-19-28(26)32-29)18-14-20-30(34)21-23-31(24-22-30,33(4)5)25-15-10-9-11-16-25/h9-13,15-17,19,32,34H,6-8,14,18,20-24H2,1-5H3. The first-order valence-corrected chi connectivity index (χ1v) is 16.5. The van der Waals surface area contributed by atoms with E-state index in [9.17, 15) is 5.11 Å². The summed E-state index contributed by atoms with van der Waals surface area (Å²) in [5, 5.41) is 14.6. The first-order chi connectivity index (χ1) is 16.8. The third-order valence-electron chi connectivity index (χ3n) is 9.62. The SMILES string of the molecule is CC[Si](CC)(CC)c1[nH]c2ccccc2c1CCCC1(O)CCC(c2ccccc2)(N(C)C)CC1. The fraction of sp³-hybridized carbons (Fsp3) is 0.548. The van der Waals surface area contributed by atoms with E-state index in [1.807, 2.05) is 0 Å². The van der Waals surface area contributed by atoms with E-state index < -0.39 is 13.7 Å². The van der Waals surface area contributed by atoms with Gasteiger partial charge in [0.25, 0.3) is 0 Å². The van der Waals surface area contributed by atoms with Gasteiger partial charge in [0.2, 0.25) is 0 Å². The zero-order chi connectivity index (χ0) is 25.1. The van der Waals surface area contributed by atoms with Crippen LogP contribution in [0.5, 0.6) is 0 Å². The van der Waals surface area contributed by atoms with Crippen molar-refractivity contribution in [3.63, 3.8) is 0 Å². The number of H-pyrrole nitrogens is 1. The number of benzene rings is 2. The average Bonchev–Trinajstić information content (AvgIpc) is 3.25. The monoisotopic (exact) mass is 490 g/mol. The van der Waals surface area contributed by atoms with Crippen molar-refractivity contribution in [2.45, 2.75) is 95.0 Å². The summed E-state index contributed by atoms with van der Waals surface area (Å²) in [5.41, 5.74) is 3.71. The molecule has 3 aromatic rings. The lowest BCUT2D eigenvalue weighted by molar-refractivity contribution is -0.0524. The first-order valence-electron chi connectivity index (χ1n) is 13.9. The Hall–Kier alpha value is -1.88. The molecule has 2 aromatic carbocycles. The third kappa shape index (κ3) is 4.90. The molecule has 1 aliphatic carbocycles. The maximum absolute atomic E-state index is 11.6. The fourth-order valence-corrected chi connectivity index (χ4v) is 10.8. The number of hydrogen-bond donors (Lipinski definition) is 2. The summed E-state index contributed by atoms with van der Waals surface area (Å²) in [6.07, 6.45) is 6.77. The summed E-state index contributed by atoms with van der Waals surface area (Å²) < 4.78 is 0. The number of para-hydroxylation sites is 1. The number of aromatic nitrogens is 1. The topological polar surface area (TPSA) is 39.3 Å². The minimum Gasteiger partial charge on any atom is -0.390 e. The van der Waals surface area contributed by atoms with E-state index in [1.165, 1.54) is 34.6 Å². The maximum Gasteiger partial charge on any atom is 0.107 e. The summed E-state index contributed by atoms with van der Waals surface area (Å²) in [6.45, 7) is 7.18. The molecule has 1 aromatic heterocycles. The van der Waals surface area contributed by atoms with E-state index in [2.05, 4.69) is 99.3 Å². The van der Waals surface area contributed by atoms with Crippen LogP contribution in [0.1, 0.15) is 70.4 Å². The number of nitrogens with one attached hydrogen (secondary N) is 1. The second-order valence-corrected chi connectivity index (χ2v) is 16.4. The second kappa shape index (κ2) is 10.6. The maximum atomic E-state index is 11.6. The van der Waals surface area contributed by atoms with Crippen LogP contribution in [0, 0.1) is 0 Å². The van der Waals surface area contributed by atoms with Crippen LogP contribution in [0.2, 0.25) is 18.1 Å². The van der Waals surface area contributed by atoms with Crippen LogP contribution in [-0.2, 0) is 12.0 Å². The Morgan fingerprint density at radius 3 is 2.06 bits per heavy atom. The van der Waals surface area contributed by atoms with Gasteiger partial charge >= 0.3 is 0 Å². The molecule has 3 nitrogen and oxygen atoms in total. The van der Waals surface area contributed by atoms with Crippen molar-refractivity contribution >= 4 is 24.3 Å². The Labute approximate surface area is 214 Å². The number of nitrogens with zero attached hydrogens (tertiary/aromatic N) is 1. The van der Waals surface area contributed by atoms with Crippen LogP contribution in [0.15, 0.2) is 54.6 Å². The van der Waals surface area contributed by atoms with Gasteiger partial charge in [-0.1, -0.05) is 87.4 Å². The molecular weight excluding hydrogens is 444 g/mol. The Balaban J connectivity index is 1.50. The lowest BCUT2D eigenvalue weighted by Gasteiger charge is -2.48. The molecule has 0 unspecified atom stereocenters. The zero-order valence-electron chi connectivity index (χ0n) is 22.7. The number of aliphatic hydroxyl groups is 1. The molecule has 0 atom stereocenters. The normalized spacial score (nSPS) is 23.3. The van der Waals surface area contributed by atoms with Crippen LogP contribution < -0.4 is 5.32 Å². The molecule has 4 rings (SSSR count). The molecule has 0 spiro atoms. The molecule has 190 valence electrons. The summed E-state index contributed by atoms with van der Waals surface area (Å²) in [6, 6.07) is 23.6. The quantitative estimate of drug-likeness (QED) is 0.301. The summed E-state index contributed by atoms with van der Waals surface area (Å²) >= 11 is 0. The Morgan fingerprint density at radius 1 is 0.857 bits per heavy atom. The van der Waals surface area contributed by atoms with Crippen molar-refractivity contribution in [2.24, 2.45) is 0 Å². The summed E-state index contributed by atoms with van der Waals surface area (Å²) in [4.78, 5) is 6.27. The Kier molecular flexibility index (Phi) is 7.94. The van der Waals surface area contributed by atoms with Crippen molar-refractivity contribution < 1.29 is 5.11 Å². The van der Waals surface area contributed by atoms with Gasteiger partial charge in [-0.2, -0.15) is 0 Å². The van der Waals surface area contributed by atoms with E-state index in [1.54, 1.807) is 10.9 Å². The first kappa shape index (κ1) is 26.2. The largest absolute Gasteiger partial charge is 0.390 e.